The van der Waals surface area contributed by atoms with E-state index in [1.165, 1.54) is 0 Å². The maximum Gasteiger partial charge on any atom is 0.305 e. The van der Waals surface area contributed by atoms with Gasteiger partial charge >= 0.3 is 5.97 Å². The van der Waals surface area contributed by atoms with Gasteiger partial charge in [-0.15, -0.1) is 5.10 Å². The molecule has 2 aromatic rings. The molecule has 1 atom stereocenters. The SMILES string of the molecule is CCC(CC(=O)O)n1nnnc1-c1cc(C)cc(Br)c1. The topological polar surface area (TPSA) is 80.9 Å². The molecule has 0 saturated heterocycles. The Hall–Kier alpha value is -1.76. The van der Waals surface area contributed by atoms with Gasteiger partial charge in [-0.3, -0.25) is 4.79 Å². The summed E-state index contributed by atoms with van der Waals surface area (Å²) in [7, 11) is 0. The molecule has 0 amide bonds. The molecule has 1 aromatic carbocycles. The Morgan fingerprint density at radius 1 is 1.45 bits per heavy atom. The number of hydrogen-bond donors (Lipinski definition) is 1. The molecule has 1 N–H and O–H groups in total. The summed E-state index contributed by atoms with van der Waals surface area (Å²) in [4.78, 5) is 10.9. The molecule has 6 nitrogen and oxygen atoms in total. The third-order valence-corrected chi connectivity index (χ3v) is 3.48. The third-order valence-electron chi connectivity index (χ3n) is 3.02. The molecule has 0 fully saturated rings. The van der Waals surface area contributed by atoms with Gasteiger partial charge in [0.25, 0.3) is 0 Å². The van der Waals surface area contributed by atoms with E-state index in [2.05, 4.69) is 31.5 Å². The molecule has 0 saturated carbocycles. The van der Waals surface area contributed by atoms with Crippen LogP contribution in [0.5, 0.6) is 0 Å². The summed E-state index contributed by atoms with van der Waals surface area (Å²) in [5.41, 5.74) is 1.95. The number of nitrogens with zero attached hydrogens (tertiary/aromatic N) is 4. The van der Waals surface area contributed by atoms with E-state index in [0.717, 1.165) is 15.6 Å². The van der Waals surface area contributed by atoms with Crippen molar-refractivity contribution in [3.8, 4) is 11.4 Å². The zero-order chi connectivity index (χ0) is 14.7. The standard InChI is InChI=1S/C13H15BrN4O2/c1-3-11(7-12(19)20)18-13(15-16-17-18)9-4-8(2)5-10(14)6-9/h4-6,11H,3,7H2,1-2H3,(H,19,20). The van der Waals surface area contributed by atoms with Gasteiger partial charge < -0.3 is 5.11 Å². The lowest BCUT2D eigenvalue weighted by Crippen LogP contribution is -2.15. The van der Waals surface area contributed by atoms with E-state index in [0.29, 0.717) is 12.2 Å². The van der Waals surface area contributed by atoms with Crippen LogP contribution in [0, 0.1) is 6.92 Å². The van der Waals surface area contributed by atoms with Crippen molar-refractivity contribution in [2.24, 2.45) is 0 Å². The first-order chi connectivity index (χ1) is 9.51. The molecule has 0 aliphatic rings. The molecule has 0 spiro atoms. The Labute approximate surface area is 124 Å². The van der Waals surface area contributed by atoms with Gasteiger partial charge in [0.15, 0.2) is 5.82 Å². The van der Waals surface area contributed by atoms with E-state index < -0.39 is 5.97 Å². The Bertz CT molecular complexity index is 606. The smallest absolute Gasteiger partial charge is 0.305 e. The largest absolute Gasteiger partial charge is 0.481 e. The number of hydrogen-bond acceptors (Lipinski definition) is 4. The van der Waals surface area contributed by atoms with E-state index in [4.69, 9.17) is 5.11 Å². The van der Waals surface area contributed by atoms with Crippen molar-refractivity contribution < 1.29 is 9.90 Å². The molecule has 2 rings (SSSR count). The van der Waals surface area contributed by atoms with Crippen molar-refractivity contribution in [2.75, 3.05) is 0 Å². The number of halogens is 1. The van der Waals surface area contributed by atoms with Crippen molar-refractivity contribution in [3.05, 3.63) is 28.2 Å². The van der Waals surface area contributed by atoms with Crippen LogP contribution in [0.1, 0.15) is 31.4 Å². The van der Waals surface area contributed by atoms with Crippen LogP contribution in [0.2, 0.25) is 0 Å². The van der Waals surface area contributed by atoms with Gasteiger partial charge in [0, 0.05) is 10.0 Å². The van der Waals surface area contributed by atoms with Crippen LogP contribution in [0.15, 0.2) is 22.7 Å². The van der Waals surface area contributed by atoms with Crippen LogP contribution in [-0.2, 0) is 4.79 Å². The number of aliphatic carboxylic acids is 1. The highest BCUT2D eigenvalue weighted by Gasteiger charge is 2.20. The van der Waals surface area contributed by atoms with Crippen molar-refractivity contribution in [1.82, 2.24) is 20.2 Å². The van der Waals surface area contributed by atoms with Gasteiger partial charge in [0.1, 0.15) is 0 Å². The molecule has 20 heavy (non-hydrogen) atoms. The van der Waals surface area contributed by atoms with Gasteiger partial charge in [-0.2, -0.15) is 0 Å². The van der Waals surface area contributed by atoms with Crippen LogP contribution in [0.25, 0.3) is 11.4 Å². The lowest BCUT2D eigenvalue weighted by molar-refractivity contribution is -0.138. The first-order valence-corrected chi connectivity index (χ1v) is 7.07. The fourth-order valence-corrected chi connectivity index (χ4v) is 2.71. The Balaban J connectivity index is 2.43. The van der Waals surface area contributed by atoms with Crippen molar-refractivity contribution >= 4 is 21.9 Å². The van der Waals surface area contributed by atoms with Crippen molar-refractivity contribution in [1.29, 1.82) is 0 Å². The van der Waals surface area contributed by atoms with E-state index in [1.54, 1.807) is 4.68 Å². The average Bonchev–Trinajstić information content (AvgIpc) is 2.83. The van der Waals surface area contributed by atoms with Crippen LogP contribution in [0.3, 0.4) is 0 Å². The number of rotatable bonds is 5. The predicted molar refractivity (Wildman–Crippen MR) is 77.3 cm³/mol. The van der Waals surface area contributed by atoms with E-state index >= 15 is 0 Å². The van der Waals surface area contributed by atoms with Gasteiger partial charge in [-0.25, -0.2) is 4.68 Å². The lowest BCUT2D eigenvalue weighted by Gasteiger charge is -2.14. The highest BCUT2D eigenvalue weighted by Crippen LogP contribution is 2.26. The number of tetrazole rings is 1. The molecule has 0 aliphatic carbocycles. The summed E-state index contributed by atoms with van der Waals surface area (Å²) in [5.74, 6) is -0.272. The highest BCUT2D eigenvalue weighted by molar-refractivity contribution is 9.10. The third kappa shape index (κ3) is 3.22. The molecular weight excluding hydrogens is 324 g/mol. The summed E-state index contributed by atoms with van der Waals surface area (Å²) in [6, 6.07) is 5.63. The van der Waals surface area contributed by atoms with Gasteiger partial charge in [0.05, 0.1) is 12.5 Å². The summed E-state index contributed by atoms with van der Waals surface area (Å²) < 4.78 is 2.53. The fourth-order valence-electron chi connectivity index (χ4n) is 2.10. The molecule has 7 heteroatoms. The Kier molecular flexibility index (Phi) is 4.49. The molecule has 0 aliphatic heterocycles. The summed E-state index contributed by atoms with van der Waals surface area (Å²) in [6.07, 6.45) is 0.652. The zero-order valence-corrected chi connectivity index (χ0v) is 12.8. The number of benzene rings is 1. The normalized spacial score (nSPS) is 12.3. The monoisotopic (exact) mass is 338 g/mol. The minimum atomic E-state index is -0.858. The van der Waals surface area contributed by atoms with E-state index in [1.807, 2.05) is 32.0 Å². The van der Waals surface area contributed by atoms with Gasteiger partial charge in [-0.1, -0.05) is 22.9 Å². The minimum absolute atomic E-state index is 0.00151. The van der Waals surface area contributed by atoms with Crippen molar-refractivity contribution in [3.63, 3.8) is 0 Å². The molecule has 1 heterocycles. The van der Waals surface area contributed by atoms with Crippen LogP contribution >= 0.6 is 15.9 Å². The lowest BCUT2D eigenvalue weighted by atomic mass is 10.1. The quantitative estimate of drug-likeness (QED) is 0.906. The molecular formula is C13H15BrN4O2. The predicted octanol–water partition coefficient (Wildman–Crippen LogP) is 2.84. The second-order valence-corrected chi connectivity index (χ2v) is 5.54. The van der Waals surface area contributed by atoms with Gasteiger partial charge in [-0.05, 0) is 47.5 Å². The summed E-state index contributed by atoms with van der Waals surface area (Å²) >= 11 is 3.45. The molecule has 0 bridgehead atoms. The second-order valence-electron chi connectivity index (χ2n) is 4.62. The average molecular weight is 339 g/mol. The fraction of sp³-hybridized carbons (Fsp3) is 0.385. The van der Waals surface area contributed by atoms with Crippen molar-refractivity contribution in [2.45, 2.75) is 32.7 Å². The maximum absolute atomic E-state index is 10.9. The van der Waals surface area contributed by atoms with Crippen LogP contribution in [-0.4, -0.2) is 31.3 Å². The highest BCUT2D eigenvalue weighted by atomic mass is 79.9. The minimum Gasteiger partial charge on any atom is -0.481 e. The number of carboxylic acids is 1. The first kappa shape index (κ1) is 14.6. The number of aryl methyl sites for hydroxylation is 1. The summed E-state index contributed by atoms with van der Waals surface area (Å²) in [5, 5.41) is 20.6. The molecule has 1 unspecified atom stereocenters. The molecule has 0 radical (unpaired) electrons. The van der Waals surface area contributed by atoms with E-state index in [-0.39, 0.29) is 12.5 Å². The molecule has 106 valence electrons. The second kappa shape index (κ2) is 6.13. The number of aromatic nitrogens is 4. The van der Waals surface area contributed by atoms with Crippen LogP contribution < -0.4 is 0 Å². The Morgan fingerprint density at radius 3 is 2.80 bits per heavy atom. The number of carboxylic acid groups (broad SMARTS) is 1. The van der Waals surface area contributed by atoms with Gasteiger partial charge in [0.2, 0.25) is 0 Å². The zero-order valence-electron chi connectivity index (χ0n) is 11.2. The Morgan fingerprint density at radius 2 is 2.20 bits per heavy atom. The van der Waals surface area contributed by atoms with Crippen LogP contribution in [0.4, 0.5) is 0 Å². The summed E-state index contributed by atoms with van der Waals surface area (Å²) in [6.45, 7) is 3.90. The number of carbonyl (C=O) groups is 1. The molecule has 1 aromatic heterocycles. The van der Waals surface area contributed by atoms with E-state index in [9.17, 15) is 4.79 Å². The maximum atomic E-state index is 10.9. The first-order valence-electron chi connectivity index (χ1n) is 6.28.